The Hall–Kier alpha value is -2.59. The molecular formula is C16H7ClO4. The van der Waals surface area contributed by atoms with Crippen LogP contribution in [0.3, 0.4) is 0 Å². The number of halogens is 1. The number of phenolic OH excluding ortho intramolecular Hbond substituents is 1. The number of hydrogen-bond donors (Lipinski definition) is 1. The summed E-state index contributed by atoms with van der Waals surface area (Å²) in [7, 11) is 0. The number of rotatable bonds is 0. The minimum Gasteiger partial charge on any atom is -0.506 e. The molecule has 0 unspecified atom stereocenters. The van der Waals surface area contributed by atoms with Crippen molar-refractivity contribution in [3.05, 3.63) is 46.7 Å². The molecular weight excluding hydrogens is 292 g/mol. The Bertz CT molecular complexity index is 995. The van der Waals surface area contributed by atoms with Gasteiger partial charge in [0, 0.05) is 16.3 Å². The number of benzene rings is 2. The van der Waals surface area contributed by atoms with Gasteiger partial charge in [-0.15, -0.1) is 0 Å². The fourth-order valence-corrected chi connectivity index (χ4v) is 2.94. The van der Waals surface area contributed by atoms with Crippen LogP contribution in [0, 0.1) is 0 Å². The lowest BCUT2D eigenvalue weighted by Gasteiger charge is -2.05. The van der Waals surface area contributed by atoms with Gasteiger partial charge in [0.2, 0.25) is 5.78 Å². The van der Waals surface area contributed by atoms with Crippen molar-refractivity contribution < 1.29 is 19.1 Å². The molecule has 0 saturated carbocycles. The molecule has 1 aliphatic carbocycles. The molecule has 0 bridgehead atoms. The molecule has 1 aliphatic rings. The lowest BCUT2D eigenvalue weighted by molar-refractivity contribution is -0.111. The maximum absolute atomic E-state index is 11.9. The van der Waals surface area contributed by atoms with Crippen LogP contribution in [-0.2, 0) is 4.79 Å². The summed E-state index contributed by atoms with van der Waals surface area (Å²) in [6.07, 6.45) is 2.67. The minimum atomic E-state index is -0.705. The maximum atomic E-state index is 11.9. The first-order valence-electron chi connectivity index (χ1n) is 6.22. The average molecular weight is 299 g/mol. The van der Waals surface area contributed by atoms with Crippen molar-refractivity contribution in [3.8, 4) is 5.75 Å². The second-order valence-electron chi connectivity index (χ2n) is 4.78. The van der Waals surface area contributed by atoms with Crippen LogP contribution in [-0.4, -0.2) is 16.7 Å². The Morgan fingerprint density at radius 2 is 1.76 bits per heavy atom. The van der Waals surface area contributed by atoms with Gasteiger partial charge in [0.25, 0.3) is 5.78 Å². The summed E-state index contributed by atoms with van der Waals surface area (Å²) in [5, 5.41) is 12.0. The molecule has 0 atom stereocenters. The second kappa shape index (κ2) is 3.96. The molecule has 0 amide bonds. The van der Waals surface area contributed by atoms with Crippen molar-refractivity contribution in [2.24, 2.45) is 0 Å². The molecule has 1 heterocycles. The highest BCUT2D eigenvalue weighted by molar-refractivity contribution is 6.50. The molecule has 0 aliphatic heterocycles. The van der Waals surface area contributed by atoms with Crippen LogP contribution in [0.4, 0.5) is 0 Å². The number of Topliss-reactive ketones (excluding diaryl/α,β-unsaturated/α-hetero) is 1. The Morgan fingerprint density at radius 1 is 1.05 bits per heavy atom. The van der Waals surface area contributed by atoms with Gasteiger partial charge in [0.1, 0.15) is 11.3 Å². The Kier molecular flexibility index (Phi) is 2.30. The molecule has 0 radical (unpaired) electrons. The smallest absolute Gasteiger partial charge is 0.268 e. The van der Waals surface area contributed by atoms with Crippen LogP contribution in [0.5, 0.6) is 5.75 Å². The summed E-state index contributed by atoms with van der Waals surface area (Å²) in [5.41, 5.74) is 0.826. The topological polar surface area (TPSA) is 67.5 Å². The van der Waals surface area contributed by atoms with Crippen molar-refractivity contribution in [1.29, 1.82) is 0 Å². The number of carbonyl (C=O) groups is 2. The molecule has 0 spiro atoms. The summed E-state index contributed by atoms with van der Waals surface area (Å²) in [4.78, 5) is 23.4. The zero-order chi connectivity index (χ0) is 14.7. The highest BCUT2D eigenvalue weighted by Gasteiger charge is 2.30. The zero-order valence-corrected chi connectivity index (χ0v) is 11.3. The highest BCUT2D eigenvalue weighted by Crippen LogP contribution is 2.45. The minimum absolute atomic E-state index is 0.0323. The molecule has 1 N–H and O–H groups in total. The van der Waals surface area contributed by atoms with Crippen LogP contribution in [0.25, 0.3) is 27.8 Å². The van der Waals surface area contributed by atoms with E-state index in [1.807, 2.05) is 0 Å². The van der Waals surface area contributed by atoms with Crippen molar-refractivity contribution in [1.82, 2.24) is 0 Å². The number of aromatic hydroxyl groups is 1. The van der Waals surface area contributed by atoms with E-state index in [2.05, 4.69) is 0 Å². The largest absolute Gasteiger partial charge is 0.506 e. The van der Waals surface area contributed by atoms with E-state index in [1.54, 1.807) is 24.3 Å². The summed E-state index contributed by atoms with van der Waals surface area (Å²) in [6, 6.07) is 7.03. The third-order valence-corrected chi connectivity index (χ3v) is 4.00. The van der Waals surface area contributed by atoms with E-state index in [-0.39, 0.29) is 16.5 Å². The summed E-state index contributed by atoms with van der Waals surface area (Å²) in [5.74, 6) is -1.44. The van der Waals surface area contributed by atoms with Crippen molar-refractivity contribution >= 4 is 51.0 Å². The zero-order valence-electron chi connectivity index (χ0n) is 10.5. The van der Waals surface area contributed by atoms with E-state index in [1.165, 1.54) is 12.2 Å². The van der Waals surface area contributed by atoms with Gasteiger partial charge < -0.3 is 9.52 Å². The number of fused-ring (bicyclic) bond motifs is 5. The second-order valence-corrected chi connectivity index (χ2v) is 5.16. The number of phenols is 1. The first-order chi connectivity index (χ1) is 10.1. The van der Waals surface area contributed by atoms with Gasteiger partial charge in [-0.05, 0) is 12.2 Å². The Balaban J connectivity index is 2.28. The quantitative estimate of drug-likeness (QED) is 0.642. The van der Waals surface area contributed by atoms with E-state index >= 15 is 0 Å². The van der Waals surface area contributed by atoms with Gasteiger partial charge in [0.05, 0.1) is 10.4 Å². The SMILES string of the molecule is O=C1C=Cc2c(oc3c2c(Cl)c(O)c2ccccc23)C1=O. The molecule has 3 aromatic rings. The molecule has 5 heteroatoms. The van der Waals surface area contributed by atoms with Crippen LogP contribution < -0.4 is 0 Å². The number of furan rings is 1. The maximum Gasteiger partial charge on any atom is 0.268 e. The van der Waals surface area contributed by atoms with Gasteiger partial charge in [-0.3, -0.25) is 9.59 Å². The molecule has 4 nitrogen and oxygen atoms in total. The van der Waals surface area contributed by atoms with E-state index < -0.39 is 11.6 Å². The summed E-state index contributed by atoms with van der Waals surface area (Å²) in [6.45, 7) is 0. The van der Waals surface area contributed by atoms with E-state index in [4.69, 9.17) is 16.0 Å². The standard InChI is InChI=1S/C16H7ClO4/c17-12-11-9-5-6-10(18)14(20)16(9)21-15(11)8-4-2-1-3-7(8)13(12)19/h1-6,19H. The number of ketones is 2. The summed E-state index contributed by atoms with van der Waals surface area (Å²) < 4.78 is 5.61. The van der Waals surface area contributed by atoms with Crippen molar-refractivity contribution in [3.63, 3.8) is 0 Å². The predicted molar refractivity (Wildman–Crippen MR) is 78.8 cm³/mol. The number of hydrogen-bond acceptors (Lipinski definition) is 4. The lowest BCUT2D eigenvalue weighted by Crippen LogP contribution is -2.14. The van der Waals surface area contributed by atoms with Gasteiger partial charge >= 0.3 is 0 Å². The number of carbonyl (C=O) groups excluding carboxylic acids is 2. The third kappa shape index (κ3) is 1.45. The summed E-state index contributed by atoms with van der Waals surface area (Å²) >= 11 is 6.23. The van der Waals surface area contributed by atoms with Crippen molar-refractivity contribution in [2.75, 3.05) is 0 Å². The number of allylic oxidation sites excluding steroid dienone is 1. The first-order valence-corrected chi connectivity index (χ1v) is 6.60. The van der Waals surface area contributed by atoms with Crippen LogP contribution in [0.15, 0.2) is 34.8 Å². The van der Waals surface area contributed by atoms with E-state index in [0.29, 0.717) is 27.3 Å². The lowest BCUT2D eigenvalue weighted by atomic mass is 9.98. The normalized spacial score (nSPS) is 14.1. The van der Waals surface area contributed by atoms with Crippen molar-refractivity contribution in [2.45, 2.75) is 0 Å². The van der Waals surface area contributed by atoms with Crippen LogP contribution in [0.1, 0.15) is 16.1 Å². The van der Waals surface area contributed by atoms with Crippen LogP contribution in [0.2, 0.25) is 5.02 Å². The Labute approximate surface area is 123 Å². The van der Waals surface area contributed by atoms with Gasteiger partial charge in [-0.2, -0.15) is 0 Å². The fourth-order valence-electron chi connectivity index (χ4n) is 2.65. The first kappa shape index (κ1) is 12.2. The van der Waals surface area contributed by atoms with Gasteiger partial charge in [0.15, 0.2) is 5.76 Å². The molecule has 0 fully saturated rings. The Morgan fingerprint density at radius 3 is 2.52 bits per heavy atom. The monoisotopic (exact) mass is 298 g/mol. The molecule has 21 heavy (non-hydrogen) atoms. The van der Waals surface area contributed by atoms with Crippen LogP contribution >= 0.6 is 11.6 Å². The highest BCUT2D eigenvalue weighted by atomic mass is 35.5. The van der Waals surface area contributed by atoms with Gasteiger partial charge in [-0.1, -0.05) is 35.9 Å². The third-order valence-electron chi connectivity index (χ3n) is 3.63. The molecule has 1 aromatic heterocycles. The fraction of sp³-hybridized carbons (Fsp3) is 0. The average Bonchev–Trinajstić information content (AvgIpc) is 2.89. The van der Waals surface area contributed by atoms with Gasteiger partial charge in [-0.25, -0.2) is 0 Å². The molecule has 4 rings (SSSR count). The molecule has 0 saturated heterocycles. The predicted octanol–water partition coefficient (Wildman–Crippen LogP) is 3.72. The molecule has 102 valence electrons. The van der Waals surface area contributed by atoms with E-state index in [0.717, 1.165) is 0 Å². The van der Waals surface area contributed by atoms with E-state index in [9.17, 15) is 14.7 Å². The molecule has 2 aromatic carbocycles.